The van der Waals surface area contributed by atoms with Crippen molar-refractivity contribution >= 4 is 11.6 Å². The third-order valence-electron chi connectivity index (χ3n) is 3.71. The molecule has 0 spiro atoms. The number of alkyl halides is 3. The van der Waals surface area contributed by atoms with Gasteiger partial charge in [0.25, 0.3) is 6.43 Å². The lowest BCUT2D eigenvalue weighted by Gasteiger charge is -2.19. The van der Waals surface area contributed by atoms with Gasteiger partial charge in [0.05, 0.1) is 11.6 Å². The van der Waals surface area contributed by atoms with Crippen LogP contribution in [0.3, 0.4) is 0 Å². The number of hydrogen-bond acceptors (Lipinski definition) is 2. The van der Waals surface area contributed by atoms with E-state index < -0.39 is 12.3 Å². The zero-order valence-electron chi connectivity index (χ0n) is 10.3. The summed E-state index contributed by atoms with van der Waals surface area (Å²) in [7, 11) is 0. The molecule has 0 amide bonds. The first-order valence-electron chi connectivity index (χ1n) is 6.41. The van der Waals surface area contributed by atoms with E-state index in [9.17, 15) is 8.78 Å². The minimum atomic E-state index is -2.47. The van der Waals surface area contributed by atoms with Gasteiger partial charge in [-0.3, -0.25) is 0 Å². The summed E-state index contributed by atoms with van der Waals surface area (Å²) >= 11 is 5.97. The van der Waals surface area contributed by atoms with Crippen LogP contribution >= 0.6 is 11.6 Å². The summed E-state index contributed by atoms with van der Waals surface area (Å²) in [5.74, 6) is 1.04. The van der Waals surface area contributed by atoms with Gasteiger partial charge >= 0.3 is 0 Å². The minimum Gasteiger partial charge on any atom is -0.360 e. The largest absolute Gasteiger partial charge is 0.360 e. The maximum absolute atomic E-state index is 13.1. The lowest BCUT2D eigenvalue weighted by molar-refractivity contribution is 0.180. The SMILES string of the molecule is FC(F)C1=CC=CCC1c1noc(C2CC2)c1CCl. The molecule has 0 N–H and O–H groups in total. The maximum Gasteiger partial charge on any atom is 0.260 e. The number of allylic oxidation sites excluding steroid dienone is 4. The molecule has 2 aliphatic rings. The van der Waals surface area contributed by atoms with Gasteiger partial charge in [0.2, 0.25) is 0 Å². The Morgan fingerprint density at radius 3 is 2.84 bits per heavy atom. The zero-order valence-corrected chi connectivity index (χ0v) is 11.0. The van der Waals surface area contributed by atoms with Gasteiger partial charge in [0.1, 0.15) is 5.76 Å². The Morgan fingerprint density at radius 2 is 2.21 bits per heavy atom. The monoisotopic (exact) mass is 285 g/mol. The highest BCUT2D eigenvalue weighted by Crippen LogP contribution is 2.45. The van der Waals surface area contributed by atoms with Crippen LogP contribution in [0.25, 0.3) is 0 Å². The summed E-state index contributed by atoms with van der Waals surface area (Å²) in [6, 6.07) is 0. The Bertz CT molecular complexity index is 532. The van der Waals surface area contributed by atoms with Crippen molar-refractivity contribution in [3.63, 3.8) is 0 Å². The van der Waals surface area contributed by atoms with Crippen molar-refractivity contribution in [2.24, 2.45) is 0 Å². The molecule has 0 saturated heterocycles. The summed E-state index contributed by atoms with van der Waals surface area (Å²) in [5, 5.41) is 4.04. The normalized spacial score (nSPS) is 22.9. The molecule has 2 aliphatic carbocycles. The van der Waals surface area contributed by atoms with E-state index in [1.807, 2.05) is 6.08 Å². The Balaban J connectivity index is 1.97. The molecule has 0 radical (unpaired) electrons. The molecular formula is C14H14ClF2NO. The van der Waals surface area contributed by atoms with Crippen LogP contribution in [0.5, 0.6) is 0 Å². The van der Waals surface area contributed by atoms with E-state index in [-0.39, 0.29) is 11.5 Å². The van der Waals surface area contributed by atoms with Gasteiger partial charge in [0, 0.05) is 23.0 Å². The van der Waals surface area contributed by atoms with Crippen molar-refractivity contribution in [1.29, 1.82) is 0 Å². The molecular weight excluding hydrogens is 272 g/mol. The Morgan fingerprint density at radius 1 is 1.42 bits per heavy atom. The van der Waals surface area contributed by atoms with Crippen molar-refractivity contribution in [1.82, 2.24) is 5.16 Å². The maximum atomic E-state index is 13.1. The predicted molar refractivity (Wildman–Crippen MR) is 68.6 cm³/mol. The molecule has 0 bridgehead atoms. The van der Waals surface area contributed by atoms with Gasteiger partial charge in [-0.2, -0.15) is 0 Å². The standard InChI is InChI=1S/C14H14ClF2NO/c15-7-11-12(18-19-13(11)8-5-6-8)9-3-1-2-4-10(9)14(16)17/h1-2,4,8-9,14H,3,5-7H2. The second kappa shape index (κ2) is 5.08. The number of rotatable bonds is 4. The van der Waals surface area contributed by atoms with Gasteiger partial charge in [-0.05, 0) is 19.3 Å². The number of halogens is 3. The Hall–Kier alpha value is -1.16. The van der Waals surface area contributed by atoms with E-state index in [4.69, 9.17) is 16.1 Å². The fourth-order valence-electron chi connectivity index (χ4n) is 2.55. The summed E-state index contributed by atoms with van der Waals surface area (Å²) in [4.78, 5) is 0. The smallest absolute Gasteiger partial charge is 0.260 e. The fourth-order valence-corrected chi connectivity index (χ4v) is 2.82. The first-order valence-corrected chi connectivity index (χ1v) is 6.95. The first kappa shape index (κ1) is 12.9. The third kappa shape index (κ3) is 2.34. The van der Waals surface area contributed by atoms with Crippen molar-refractivity contribution in [3.8, 4) is 0 Å². The molecule has 102 valence electrons. The quantitative estimate of drug-likeness (QED) is 0.760. The minimum absolute atomic E-state index is 0.101. The van der Waals surface area contributed by atoms with Crippen molar-refractivity contribution in [2.45, 2.75) is 43.4 Å². The van der Waals surface area contributed by atoms with Crippen molar-refractivity contribution in [3.05, 3.63) is 40.8 Å². The molecule has 0 aromatic carbocycles. The molecule has 5 heteroatoms. The predicted octanol–water partition coefficient (Wildman–Crippen LogP) is 4.53. The fraction of sp³-hybridized carbons (Fsp3) is 0.500. The summed E-state index contributed by atoms with van der Waals surface area (Å²) < 4.78 is 31.5. The lowest BCUT2D eigenvalue weighted by atomic mass is 9.86. The van der Waals surface area contributed by atoms with Gasteiger partial charge in [0.15, 0.2) is 0 Å². The summed E-state index contributed by atoms with van der Waals surface area (Å²) in [5.41, 5.74) is 1.51. The molecule has 1 aromatic heterocycles. The zero-order chi connectivity index (χ0) is 13.4. The lowest BCUT2D eigenvalue weighted by Crippen LogP contribution is -2.13. The molecule has 1 heterocycles. The second-order valence-corrected chi connectivity index (χ2v) is 5.27. The number of hydrogen-bond donors (Lipinski definition) is 0. The molecule has 1 saturated carbocycles. The molecule has 19 heavy (non-hydrogen) atoms. The van der Waals surface area contributed by atoms with Gasteiger partial charge in [-0.25, -0.2) is 8.78 Å². The van der Waals surface area contributed by atoms with Crippen LogP contribution in [0.4, 0.5) is 8.78 Å². The van der Waals surface area contributed by atoms with Crippen LogP contribution in [0.1, 0.15) is 48.1 Å². The molecule has 1 aromatic rings. The van der Waals surface area contributed by atoms with Crippen LogP contribution in [0, 0.1) is 0 Å². The topological polar surface area (TPSA) is 26.0 Å². The van der Waals surface area contributed by atoms with Crippen molar-refractivity contribution < 1.29 is 13.3 Å². The molecule has 1 fully saturated rings. The first-order chi connectivity index (χ1) is 9.22. The van der Waals surface area contributed by atoms with E-state index in [1.54, 1.807) is 6.08 Å². The molecule has 3 rings (SSSR count). The summed E-state index contributed by atoms with van der Waals surface area (Å²) in [6.45, 7) is 0. The van der Waals surface area contributed by atoms with E-state index >= 15 is 0 Å². The average Bonchev–Trinajstić information content (AvgIpc) is 3.18. The van der Waals surface area contributed by atoms with Crippen LogP contribution in [0.2, 0.25) is 0 Å². The molecule has 1 atom stereocenters. The van der Waals surface area contributed by atoms with E-state index in [0.717, 1.165) is 24.2 Å². The molecule has 1 unspecified atom stereocenters. The molecule has 2 nitrogen and oxygen atoms in total. The van der Waals surface area contributed by atoms with E-state index in [2.05, 4.69) is 5.16 Å². The Labute approximate surface area is 115 Å². The molecule has 0 aliphatic heterocycles. The second-order valence-electron chi connectivity index (χ2n) is 5.00. The van der Waals surface area contributed by atoms with Crippen LogP contribution < -0.4 is 0 Å². The average molecular weight is 286 g/mol. The Kier molecular flexibility index (Phi) is 3.44. The van der Waals surface area contributed by atoms with E-state index in [1.165, 1.54) is 6.08 Å². The number of nitrogens with zero attached hydrogens (tertiary/aromatic N) is 1. The van der Waals surface area contributed by atoms with Crippen LogP contribution in [-0.4, -0.2) is 11.6 Å². The highest BCUT2D eigenvalue weighted by molar-refractivity contribution is 6.17. The van der Waals surface area contributed by atoms with E-state index in [0.29, 0.717) is 18.0 Å². The highest BCUT2D eigenvalue weighted by Gasteiger charge is 2.35. The third-order valence-corrected chi connectivity index (χ3v) is 3.98. The number of aromatic nitrogens is 1. The van der Waals surface area contributed by atoms with Crippen molar-refractivity contribution in [2.75, 3.05) is 0 Å². The summed E-state index contributed by atoms with van der Waals surface area (Å²) in [6.07, 6.45) is 5.21. The van der Waals surface area contributed by atoms with Gasteiger partial charge < -0.3 is 4.52 Å². The van der Waals surface area contributed by atoms with Crippen LogP contribution in [-0.2, 0) is 5.88 Å². The highest BCUT2D eigenvalue weighted by atomic mass is 35.5. The van der Waals surface area contributed by atoms with Gasteiger partial charge in [-0.1, -0.05) is 23.4 Å². The van der Waals surface area contributed by atoms with Gasteiger partial charge in [-0.15, -0.1) is 11.6 Å². The van der Waals surface area contributed by atoms with Crippen LogP contribution in [0.15, 0.2) is 28.3 Å².